The smallest absolute Gasteiger partial charge is 0.237 e. The molecule has 1 aliphatic heterocycles. The van der Waals surface area contributed by atoms with Crippen LogP contribution in [0.2, 0.25) is 0 Å². The van der Waals surface area contributed by atoms with Crippen LogP contribution >= 0.6 is 0 Å². The van der Waals surface area contributed by atoms with Crippen LogP contribution in [0.3, 0.4) is 0 Å². The van der Waals surface area contributed by atoms with Gasteiger partial charge in [0.1, 0.15) is 24.4 Å². The normalized spacial score (nSPS) is 18.9. The van der Waals surface area contributed by atoms with E-state index in [0.717, 1.165) is 17.7 Å². The summed E-state index contributed by atoms with van der Waals surface area (Å²) in [7, 11) is 0. The Bertz CT molecular complexity index is 567. The summed E-state index contributed by atoms with van der Waals surface area (Å²) in [4.78, 5) is 4.30. The van der Waals surface area contributed by atoms with Crippen molar-refractivity contribution in [1.29, 1.82) is 0 Å². The van der Waals surface area contributed by atoms with Crippen molar-refractivity contribution in [3.05, 3.63) is 41.5 Å². The molecule has 0 amide bonds. The number of rotatable bonds is 4. The van der Waals surface area contributed by atoms with Gasteiger partial charge in [-0.1, -0.05) is 36.7 Å². The van der Waals surface area contributed by atoms with Gasteiger partial charge in [0.15, 0.2) is 5.82 Å². The zero-order valence-corrected chi connectivity index (χ0v) is 10.7. The predicted molar refractivity (Wildman–Crippen MR) is 67.9 cm³/mol. The number of benzene rings is 1. The Morgan fingerprint density at radius 1 is 1.42 bits per heavy atom. The molecule has 2 heterocycles. The van der Waals surface area contributed by atoms with Gasteiger partial charge in [0, 0.05) is 5.56 Å². The van der Waals surface area contributed by atoms with Crippen molar-refractivity contribution in [1.82, 2.24) is 10.1 Å². The molecule has 2 atom stereocenters. The van der Waals surface area contributed by atoms with Crippen molar-refractivity contribution < 1.29 is 14.4 Å². The molecule has 3 rings (SSSR count). The Kier molecular flexibility index (Phi) is 3.21. The van der Waals surface area contributed by atoms with Crippen molar-refractivity contribution in [2.75, 3.05) is 6.61 Å². The lowest BCUT2D eigenvalue weighted by Crippen LogP contribution is -2.04. The molecular weight excluding hydrogens is 244 g/mol. The van der Waals surface area contributed by atoms with Gasteiger partial charge in [0.05, 0.1) is 0 Å². The number of ether oxygens (including phenoxy) is 1. The highest BCUT2D eigenvalue weighted by atomic mass is 16.5. The molecule has 0 saturated heterocycles. The van der Waals surface area contributed by atoms with Crippen LogP contribution in [0.4, 0.5) is 0 Å². The minimum atomic E-state index is -0.653. The number of para-hydroxylation sites is 1. The van der Waals surface area contributed by atoms with Crippen LogP contribution in [-0.4, -0.2) is 21.9 Å². The molecule has 5 nitrogen and oxygen atoms in total. The zero-order valence-electron chi connectivity index (χ0n) is 10.7. The number of hydrogen-bond acceptors (Lipinski definition) is 5. The molecule has 0 saturated carbocycles. The second-order valence-electron chi connectivity index (χ2n) is 4.70. The van der Waals surface area contributed by atoms with E-state index in [9.17, 15) is 5.11 Å². The van der Waals surface area contributed by atoms with E-state index in [0.29, 0.717) is 24.7 Å². The van der Waals surface area contributed by atoms with E-state index in [1.807, 2.05) is 31.2 Å². The fourth-order valence-electron chi connectivity index (χ4n) is 2.29. The van der Waals surface area contributed by atoms with Gasteiger partial charge in [-0.2, -0.15) is 4.98 Å². The van der Waals surface area contributed by atoms with Gasteiger partial charge in [-0.05, 0) is 12.5 Å². The molecule has 0 fully saturated rings. The highest BCUT2D eigenvalue weighted by Crippen LogP contribution is 2.37. The van der Waals surface area contributed by atoms with Crippen LogP contribution in [0, 0.1) is 0 Å². The van der Waals surface area contributed by atoms with Crippen molar-refractivity contribution >= 4 is 0 Å². The second-order valence-corrected chi connectivity index (χ2v) is 4.70. The summed E-state index contributed by atoms with van der Waals surface area (Å²) in [5, 5.41) is 13.7. The van der Waals surface area contributed by atoms with E-state index in [1.54, 1.807) is 0 Å². The molecule has 5 heteroatoms. The summed E-state index contributed by atoms with van der Waals surface area (Å²) >= 11 is 0. The molecule has 1 aromatic carbocycles. The lowest BCUT2D eigenvalue weighted by Gasteiger charge is -2.03. The maximum Gasteiger partial charge on any atom is 0.237 e. The first-order chi connectivity index (χ1) is 9.29. The third-order valence-electron chi connectivity index (χ3n) is 3.32. The molecule has 0 radical (unpaired) electrons. The van der Waals surface area contributed by atoms with Crippen LogP contribution in [0.1, 0.15) is 49.1 Å². The Hall–Kier alpha value is -1.88. The first-order valence-electron chi connectivity index (χ1n) is 6.53. The van der Waals surface area contributed by atoms with Crippen molar-refractivity contribution in [2.24, 2.45) is 0 Å². The fourth-order valence-corrected chi connectivity index (χ4v) is 2.29. The maximum atomic E-state index is 9.86. The number of aliphatic hydroxyl groups excluding tert-OH is 1. The second kappa shape index (κ2) is 5.01. The largest absolute Gasteiger partial charge is 0.492 e. The average Bonchev–Trinajstić information content (AvgIpc) is 3.05. The van der Waals surface area contributed by atoms with E-state index < -0.39 is 6.10 Å². The number of hydrogen-bond donors (Lipinski definition) is 1. The van der Waals surface area contributed by atoms with Crippen molar-refractivity contribution in [3.63, 3.8) is 0 Å². The van der Waals surface area contributed by atoms with Gasteiger partial charge in [-0.25, -0.2) is 0 Å². The van der Waals surface area contributed by atoms with E-state index in [4.69, 9.17) is 9.26 Å². The number of aromatic nitrogens is 2. The van der Waals surface area contributed by atoms with Crippen molar-refractivity contribution in [2.45, 2.75) is 31.8 Å². The summed E-state index contributed by atoms with van der Waals surface area (Å²) in [5.74, 6) is 1.70. The monoisotopic (exact) mass is 260 g/mol. The maximum absolute atomic E-state index is 9.86. The number of fused-ring (bicyclic) bond motifs is 1. The average molecular weight is 260 g/mol. The van der Waals surface area contributed by atoms with Gasteiger partial charge in [-0.3, -0.25) is 0 Å². The van der Waals surface area contributed by atoms with Gasteiger partial charge in [0.25, 0.3) is 0 Å². The lowest BCUT2D eigenvalue weighted by atomic mass is 10.0. The molecular formula is C14H16N2O3. The number of aliphatic hydroxyl groups is 1. The molecule has 0 aliphatic carbocycles. The van der Waals surface area contributed by atoms with Crippen molar-refractivity contribution in [3.8, 4) is 5.75 Å². The first-order valence-corrected chi connectivity index (χ1v) is 6.53. The van der Waals surface area contributed by atoms with Crippen LogP contribution in [0.25, 0.3) is 0 Å². The summed E-state index contributed by atoms with van der Waals surface area (Å²) in [5.41, 5.74) is 1.06. The summed E-state index contributed by atoms with van der Waals surface area (Å²) in [6.07, 6.45) is 0.858. The Morgan fingerprint density at radius 2 is 2.26 bits per heavy atom. The molecule has 0 spiro atoms. The van der Waals surface area contributed by atoms with Crippen LogP contribution < -0.4 is 4.74 Å². The Morgan fingerprint density at radius 3 is 3.11 bits per heavy atom. The Balaban J connectivity index is 1.85. The van der Waals surface area contributed by atoms with E-state index in [-0.39, 0.29) is 5.92 Å². The Labute approximate surface area is 111 Å². The van der Waals surface area contributed by atoms with E-state index in [1.165, 1.54) is 0 Å². The van der Waals surface area contributed by atoms with Gasteiger partial charge in [0.2, 0.25) is 5.89 Å². The predicted octanol–water partition coefficient (Wildman–Crippen LogP) is 2.43. The zero-order chi connectivity index (χ0) is 13.2. The van der Waals surface area contributed by atoms with E-state index in [2.05, 4.69) is 10.1 Å². The summed E-state index contributed by atoms with van der Waals surface area (Å²) < 4.78 is 10.9. The summed E-state index contributed by atoms with van der Waals surface area (Å²) in [6.45, 7) is 2.51. The number of nitrogens with zero attached hydrogens (tertiary/aromatic N) is 2. The lowest BCUT2D eigenvalue weighted by molar-refractivity contribution is 0.152. The minimum absolute atomic E-state index is 0.0359. The van der Waals surface area contributed by atoms with Gasteiger partial charge >= 0.3 is 0 Å². The minimum Gasteiger partial charge on any atom is -0.492 e. The molecule has 1 aliphatic rings. The van der Waals surface area contributed by atoms with Crippen LogP contribution in [-0.2, 0) is 0 Å². The van der Waals surface area contributed by atoms with Crippen LogP contribution in [0.5, 0.6) is 5.75 Å². The highest BCUT2D eigenvalue weighted by molar-refractivity contribution is 5.42. The molecule has 19 heavy (non-hydrogen) atoms. The van der Waals surface area contributed by atoms with Gasteiger partial charge in [-0.15, -0.1) is 0 Å². The standard InChI is InChI=1S/C14H16N2O3/c1-2-5-11(17)13-15-14(19-16-13)10-8-18-12-7-4-3-6-9(10)12/h3-4,6-7,10-11,17H,2,5,8H2,1H3. The molecule has 100 valence electrons. The molecule has 1 N–H and O–H groups in total. The molecule has 1 aromatic heterocycles. The quantitative estimate of drug-likeness (QED) is 0.914. The van der Waals surface area contributed by atoms with Gasteiger partial charge < -0.3 is 14.4 Å². The third-order valence-corrected chi connectivity index (χ3v) is 3.32. The SMILES string of the molecule is CCCC(O)c1noc(C2COc3ccccc32)n1. The molecule has 2 aromatic rings. The first kappa shape index (κ1) is 12.2. The molecule has 0 bridgehead atoms. The fraction of sp³-hybridized carbons (Fsp3) is 0.429. The third kappa shape index (κ3) is 2.21. The topological polar surface area (TPSA) is 68.4 Å². The summed E-state index contributed by atoms with van der Waals surface area (Å²) in [6, 6.07) is 7.83. The van der Waals surface area contributed by atoms with Crippen LogP contribution in [0.15, 0.2) is 28.8 Å². The molecule has 2 unspecified atom stereocenters. The highest BCUT2D eigenvalue weighted by Gasteiger charge is 2.30. The van der Waals surface area contributed by atoms with E-state index >= 15 is 0 Å².